The molecule has 1 aromatic heterocycles. The van der Waals surface area contributed by atoms with Crippen molar-refractivity contribution < 1.29 is 27.2 Å². The summed E-state index contributed by atoms with van der Waals surface area (Å²) in [4.78, 5) is 30.1. The second-order valence-electron chi connectivity index (χ2n) is 8.24. The fraction of sp³-hybridized carbons (Fsp3) is 0.192. The summed E-state index contributed by atoms with van der Waals surface area (Å²) in [5.41, 5.74) is 1.17. The molecule has 0 aliphatic heterocycles. The molecule has 1 unspecified atom stereocenters. The van der Waals surface area contributed by atoms with E-state index in [9.17, 15) is 27.2 Å². The number of carbonyl (C=O) groups is 2. The number of amides is 2. The van der Waals surface area contributed by atoms with Crippen LogP contribution in [0.15, 0.2) is 71.7 Å². The molecule has 0 spiro atoms. The SMILES string of the molecule is Cc1ccc2c(c1)sc(=NC(=O)c1cccc(C(F)(F)F)c1)n2C(C)C(=O)NCc1ccc(F)cc1. The Kier molecular flexibility index (Phi) is 7.07. The van der Waals surface area contributed by atoms with Crippen molar-refractivity contribution in [2.24, 2.45) is 4.99 Å². The van der Waals surface area contributed by atoms with Crippen molar-refractivity contribution in [1.29, 1.82) is 0 Å². The average molecular weight is 516 g/mol. The van der Waals surface area contributed by atoms with Gasteiger partial charge in [-0.2, -0.15) is 18.2 Å². The zero-order chi connectivity index (χ0) is 26.0. The number of fused-ring (bicyclic) bond motifs is 1. The smallest absolute Gasteiger partial charge is 0.350 e. The normalized spacial score (nSPS) is 13.1. The van der Waals surface area contributed by atoms with Gasteiger partial charge in [-0.3, -0.25) is 9.59 Å². The molecule has 0 saturated carbocycles. The number of carbonyl (C=O) groups excluding carboxylic acids is 2. The Morgan fingerprint density at radius 2 is 1.78 bits per heavy atom. The molecule has 4 aromatic rings. The molecule has 4 rings (SSSR count). The van der Waals surface area contributed by atoms with Crippen LogP contribution in [0.1, 0.15) is 40.0 Å². The molecule has 2 amide bonds. The molecule has 0 radical (unpaired) electrons. The van der Waals surface area contributed by atoms with Crippen LogP contribution in [0, 0.1) is 12.7 Å². The van der Waals surface area contributed by atoms with Gasteiger partial charge >= 0.3 is 6.18 Å². The first kappa shape index (κ1) is 25.3. The van der Waals surface area contributed by atoms with Crippen molar-refractivity contribution in [1.82, 2.24) is 9.88 Å². The van der Waals surface area contributed by atoms with Gasteiger partial charge in [0, 0.05) is 12.1 Å². The maximum atomic E-state index is 13.1. The first-order valence-corrected chi connectivity index (χ1v) is 11.7. The average Bonchev–Trinajstić information content (AvgIpc) is 3.19. The minimum atomic E-state index is -4.59. The Bertz CT molecular complexity index is 1500. The number of alkyl halides is 3. The molecule has 0 aliphatic rings. The van der Waals surface area contributed by atoms with Crippen LogP contribution in [-0.2, 0) is 17.5 Å². The number of benzene rings is 3. The molecule has 1 N–H and O–H groups in total. The van der Waals surface area contributed by atoms with Crippen molar-refractivity contribution in [2.45, 2.75) is 32.6 Å². The Balaban J connectivity index is 1.70. The van der Waals surface area contributed by atoms with Gasteiger partial charge in [-0.1, -0.05) is 35.6 Å². The molecule has 5 nitrogen and oxygen atoms in total. The molecule has 1 heterocycles. The largest absolute Gasteiger partial charge is 0.416 e. The van der Waals surface area contributed by atoms with Crippen molar-refractivity contribution in [3.05, 3.63) is 99.6 Å². The van der Waals surface area contributed by atoms with Gasteiger partial charge in [0.1, 0.15) is 11.9 Å². The maximum absolute atomic E-state index is 13.1. The maximum Gasteiger partial charge on any atom is 0.416 e. The Morgan fingerprint density at radius 3 is 2.47 bits per heavy atom. The van der Waals surface area contributed by atoms with Gasteiger partial charge in [0.15, 0.2) is 4.80 Å². The van der Waals surface area contributed by atoms with Crippen molar-refractivity contribution in [2.75, 3.05) is 0 Å². The van der Waals surface area contributed by atoms with E-state index < -0.39 is 23.7 Å². The number of thiazole rings is 1. The lowest BCUT2D eigenvalue weighted by Crippen LogP contribution is -2.34. The predicted octanol–water partition coefficient (Wildman–Crippen LogP) is 5.79. The molecule has 10 heteroatoms. The highest BCUT2D eigenvalue weighted by Gasteiger charge is 2.31. The highest BCUT2D eigenvalue weighted by atomic mass is 32.1. The van der Waals surface area contributed by atoms with Gasteiger partial charge in [-0.05, 0) is 67.4 Å². The number of rotatable bonds is 5. The monoisotopic (exact) mass is 515 g/mol. The zero-order valence-corrected chi connectivity index (χ0v) is 20.1. The van der Waals surface area contributed by atoms with Crippen LogP contribution in [0.5, 0.6) is 0 Å². The Hall–Kier alpha value is -3.79. The Labute approximate surface area is 207 Å². The van der Waals surface area contributed by atoms with E-state index in [1.807, 2.05) is 19.1 Å². The van der Waals surface area contributed by atoms with Crippen molar-refractivity contribution in [3.63, 3.8) is 0 Å². The van der Waals surface area contributed by atoms with Crippen LogP contribution < -0.4 is 10.1 Å². The van der Waals surface area contributed by atoms with Gasteiger partial charge in [-0.15, -0.1) is 0 Å². The number of aromatic nitrogens is 1. The summed E-state index contributed by atoms with van der Waals surface area (Å²) in [5, 5.41) is 2.79. The molecule has 0 aliphatic carbocycles. The van der Waals surface area contributed by atoms with Crippen LogP contribution >= 0.6 is 11.3 Å². The number of nitrogens with one attached hydrogen (secondary N) is 1. The summed E-state index contributed by atoms with van der Waals surface area (Å²) in [6.45, 7) is 3.70. The lowest BCUT2D eigenvalue weighted by Gasteiger charge is -2.15. The fourth-order valence-electron chi connectivity index (χ4n) is 3.64. The lowest BCUT2D eigenvalue weighted by molar-refractivity contribution is -0.137. The van der Waals surface area contributed by atoms with Crippen molar-refractivity contribution >= 4 is 33.4 Å². The number of halogens is 4. The van der Waals surface area contributed by atoms with Crippen LogP contribution in [0.25, 0.3) is 10.2 Å². The molecular weight excluding hydrogens is 494 g/mol. The molecule has 186 valence electrons. The number of nitrogens with zero attached hydrogens (tertiary/aromatic N) is 2. The molecule has 0 fully saturated rings. The Morgan fingerprint density at radius 1 is 1.06 bits per heavy atom. The minimum absolute atomic E-state index is 0.167. The lowest BCUT2D eigenvalue weighted by atomic mass is 10.1. The topological polar surface area (TPSA) is 63.5 Å². The molecule has 3 aromatic carbocycles. The summed E-state index contributed by atoms with van der Waals surface area (Å²) in [6, 6.07) is 14.5. The molecule has 36 heavy (non-hydrogen) atoms. The van der Waals surface area contributed by atoms with E-state index >= 15 is 0 Å². The summed E-state index contributed by atoms with van der Waals surface area (Å²) >= 11 is 1.16. The third-order valence-corrected chi connectivity index (χ3v) is 6.58. The third kappa shape index (κ3) is 5.54. The van der Waals surface area contributed by atoms with Crippen LogP contribution in [0.4, 0.5) is 17.6 Å². The standard InChI is InChI=1S/C26H21F4N3O2S/c1-15-6-11-21-22(12-15)36-25(32-24(35)18-4-3-5-19(13-18)26(28,29)30)33(21)16(2)23(34)31-14-17-7-9-20(27)10-8-17/h3-13,16H,14H2,1-2H3,(H,31,34). The van der Waals surface area contributed by atoms with Crippen LogP contribution in [0.2, 0.25) is 0 Å². The summed E-state index contributed by atoms with van der Waals surface area (Å²) < 4.78 is 54.8. The molecule has 0 bridgehead atoms. The van der Waals surface area contributed by atoms with E-state index in [1.165, 1.54) is 18.2 Å². The van der Waals surface area contributed by atoms with E-state index in [0.29, 0.717) is 11.1 Å². The van der Waals surface area contributed by atoms with Crippen molar-refractivity contribution in [3.8, 4) is 0 Å². The molecular formula is C26H21F4N3O2S. The predicted molar refractivity (Wildman–Crippen MR) is 129 cm³/mol. The third-order valence-electron chi connectivity index (χ3n) is 5.56. The molecule has 1 atom stereocenters. The number of hydrogen-bond donors (Lipinski definition) is 1. The van der Waals surface area contributed by atoms with E-state index in [1.54, 1.807) is 29.7 Å². The minimum Gasteiger partial charge on any atom is -0.350 e. The molecule has 0 saturated heterocycles. The second kappa shape index (κ2) is 10.1. The number of aryl methyl sites for hydroxylation is 1. The zero-order valence-electron chi connectivity index (χ0n) is 19.3. The fourth-order valence-corrected chi connectivity index (χ4v) is 4.84. The van der Waals surface area contributed by atoms with E-state index in [4.69, 9.17) is 0 Å². The van der Waals surface area contributed by atoms with E-state index in [2.05, 4.69) is 10.3 Å². The quantitative estimate of drug-likeness (QED) is 0.342. The van der Waals surface area contributed by atoms with Gasteiger partial charge < -0.3 is 9.88 Å². The number of hydrogen-bond acceptors (Lipinski definition) is 3. The van der Waals surface area contributed by atoms with Crippen LogP contribution in [-0.4, -0.2) is 16.4 Å². The second-order valence-corrected chi connectivity index (χ2v) is 9.25. The highest BCUT2D eigenvalue weighted by Crippen LogP contribution is 2.29. The summed E-state index contributed by atoms with van der Waals surface area (Å²) in [5.74, 6) is -1.60. The summed E-state index contributed by atoms with van der Waals surface area (Å²) in [6.07, 6.45) is -4.59. The van der Waals surface area contributed by atoms with Gasteiger partial charge in [0.05, 0.1) is 15.8 Å². The van der Waals surface area contributed by atoms with E-state index in [-0.39, 0.29) is 28.6 Å². The van der Waals surface area contributed by atoms with Gasteiger partial charge in [0.2, 0.25) is 5.91 Å². The van der Waals surface area contributed by atoms with Gasteiger partial charge in [-0.25, -0.2) is 4.39 Å². The first-order valence-electron chi connectivity index (χ1n) is 10.9. The first-order chi connectivity index (χ1) is 17.0. The highest BCUT2D eigenvalue weighted by molar-refractivity contribution is 7.16. The van der Waals surface area contributed by atoms with E-state index in [0.717, 1.165) is 39.8 Å². The van der Waals surface area contributed by atoms with Crippen LogP contribution in [0.3, 0.4) is 0 Å². The van der Waals surface area contributed by atoms with Gasteiger partial charge in [0.25, 0.3) is 5.91 Å². The summed E-state index contributed by atoms with van der Waals surface area (Å²) in [7, 11) is 0.